The molecule has 1 amide bonds. The number of carbonyl (C=O) groups excluding carboxylic acids is 1. The Bertz CT molecular complexity index is 489. The molecule has 2 saturated carbocycles. The van der Waals surface area contributed by atoms with Crippen molar-refractivity contribution in [2.75, 3.05) is 7.11 Å². The second-order valence-corrected chi connectivity index (χ2v) is 6.27. The Hall–Kier alpha value is -1.55. The molecule has 2 N–H and O–H groups in total. The van der Waals surface area contributed by atoms with Crippen molar-refractivity contribution in [3.8, 4) is 5.75 Å². The van der Waals surface area contributed by atoms with E-state index in [1.165, 1.54) is 19.3 Å². The Morgan fingerprint density at radius 1 is 1.29 bits per heavy atom. The quantitative estimate of drug-likeness (QED) is 0.875. The number of hydrogen-bond acceptors (Lipinski definition) is 3. The summed E-state index contributed by atoms with van der Waals surface area (Å²) in [5.41, 5.74) is 1.15. The number of hydrogen-bond donors (Lipinski definition) is 2. The van der Waals surface area contributed by atoms with Crippen LogP contribution in [0.1, 0.15) is 43.7 Å². The van der Waals surface area contributed by atoms with Crippen LogP contribution in [-0.2, 0) is 4.79 Å². The van der Waals surface area contributed by atoms with Gasteiger partial charge < -0.3 is 15.2 Å². The number of nitrogens with one attached hydrogen (secondary N) is 1. The molecular formula is C17H23NO3. The number of amides is 1. The first kappa shape index (κ1) is 14.4. The number of benzene rings is 1. The first-order chi connectivity index (χ1) is 10.2. The van der Waals surface area contributed by atoms with Crippen LogP contribution in [0.5, 0.6) is 5.75 Å². The number of rotatable bonds is 5. The van der Waals surface area contributed by atoms with Gasteiger partial charge in [0, 0.05) is 5.92 Å². The van der Waals surface area contributed by atoms with Gasteiger partial charge in [-0.1, -0.05) is 18.6 Å². The number of aliphatic hydroxyl groups excluding tert-OH is 1. The predicted octanol–water partition coefficient (Wildman–Crippen LogP) is 2.42. The molecule has 0 spiro atoms. The SMILES string of the molecule is COc1ccc(C(NC(=O)C2CC(O)C2)C2CCC2)cc1. The Labute approximate surface area is 125 Å². The van der Waals surface area contributed by atoms with Gasteiger partial charge in [-0.25, -0.2) is 0 Å². The van der Waals surface area contributed by atoms with Crippen LogP contribution in [0.3, 0.4) is 0 Å². The number of carbonyl (C=O) groups is 1. The standard InChI is InChI=1S/C17H23NO3/c1-21-15-7-5-12(6-8-15)16(11-3-2-4-11)18-17(20)13-9-14(19)10-13/h5-8,11,13-14,16,19H,2-4,9-10H2,1H3,(H,18,20). The summed E-state index contributed by atoms with van der Waals surface area (Å²) in [5, 5.41) is 12.6. The van der Waals surface area contributed by atoms with Crippen LogP contribution in [0.2, 0.25) is 0 Å². The maximum Gasteiger partial charge on any atom is 0.223 e. The molecule has 1 aromatic carbocycles. The van der Waals surface area contributed by atoms with Crippen LogP contribution < -0.4 is 10.1 Å². The first-order valence-corrected chi connectivity index (χ1v) is 7.79. The molecule has 0 radical (unpaired) electrons. The average molecular weight is 289 g/mol. The van der Waals surface area contributed by atoms with Gasteiger partial charge in [-0.2, -0.15) is 0 Å². The van der Waals surface area contributed by atoms with Crippen molar-refractivity contribution in [3.63, 3.8) is 0 Å². The van der Waals surface area contributed by atoms with Gasteiger partial charge in [0.25, 0.3) is 0 Å². The topological polar surface area (TPSA) is 58.6 Å². The van der Waals surface area contributed by atoms with Crippen molar-refractivity contribution < 1.29 is 14.6 Å². The summed E-state index contributed by atoms with van der Waals surface area (Å²) < 4.78 is 5.19. The van der Waals surface area contributed by atoms with E-state index in [1.54, 1.807) is 7.11 Å². The average Bonchev–Trinajstić information content (AvgIpc) is 2.41. The summed E-state index contributed by atoms with van der Waals surface area (Å²) in [5.74, 6) is 1.45. The summed E-state index contributed by atoms with van der Waals surface area (Å²) in [4.78, 5) is 12.3. The minimum atomic E-state index is -0.288. The van der Waals surface area contributed by atoms with Crippen molar-refractivity contribution >= 4 is 5.91 Å². The Balaban J connectivity index is 1.69. The molecular weight excluding hydrogens is 266 g/mol. The van der Waals surface area contributed by atoms with E-state index in [9.17, 15) is 9.90 Å². The lowest BCUT2D eigenvalue weighted by atomic mass is 9.76. The molecule has 0 aromatic heterocycles. The second-order valence-electron chi connectivity index (χ2n) is 6.27. The van der Waals surface area contributed by atoms with Crippen LogP contribution in [0.4, 0.5) is 0 Å². The minimum Gasteiger partial charge on any atom is -0.497 e. The molecule has 1 unspecified atom stereocenters. The zero-order valence-corrected chi connectivity index (χ0v) is 12.4. The van der Waals surface area contributed by atoms with Gasteiger partial charge in [0.15, 0.2) is 0 Å². The Kier molecular flexibility index (Phi) is 4.15. The van der Waals surface area contributed by atoms with Crippen LogP contribution in [-0.4, -0.2) is 24.2 Å². The number of aliphatic hydroxyl groups is 1. The van der Waals surface area contributed by atoms with Gasteiger partial charge in [-0.15, -0.1) is 0 Å². The van der Waals surface area contributed by atoms with E-state index in [0.29, 0.717) is 18.8 Å². The highest BCUT2D eigenvalue weighted by Gasteiger charge is 2.36. The molecule has 4 heteroatoms. The lowest BCUT2D eigenvalue weighted by molar-refractivity contribution is -0.132. The zero-order valence-electron chi connectivity index (χ0n) is 12.4. The highest BCUT2D eigenvalue weighted by atomic mass is 16.5. The normalized spacial score (nSPS) is 26.4. The van der Waals surface area contributed by atoms with Crippen molar-refractivity contribution in [2.45, 2.75) is 44.2 Å². The molecule has 21 heavy (non-hydrogen) atoms. The fourth-order valence-electron chi connectivity index (χ4n) is 3.13. The fourth-order valence-corrected chi connectivity index (χ4v) is 3.13. The molecule has 0 heterocycles. The largest absolute Gasteiger partial charge is 0.497 e. The molecule has 2 aliphatic carbocycles. The second kappa shape index (κ2) is 6.06. The summed E-state index contributed by atoms with van der Waals surface area (Å²) >= 11 is 0. The third kappa shape index (κ3) is 3.05. The van der Waals surface area contributed by atoms with E-state index < -0.39 is 0 Å². The lowest BCUT2D eigenvalue weighted by Gasteiger charge is -2.37. The summed E-state index contributed by atoms with van der Waals surface area (Å²) in [7, 11) is 1.65. The molecule has 1 aromatic rings. The van der Waals surface area contributed by atoms with Crippen molar-refractivity contribution in [2.24, 2.45) is 11.8 Å². The van der Waals surface area contributed by atoms with E-state index in [4.69, 9.17) is 4.74 Å². The zero-order chi connectivity index (χ0) is 14.8. The Morgan fingerprint density at radius 3 is 2.43 bits per heavy atom. The number of ether oxygens (including phenoxy) is 1. The van der Waals surface area contributed by atoms with Crippen LogP contribution in [0.25, 0.3) is 0 Å². The van der Waals surface area contributed by atoms with Gasteiger partial charge in [-0.05, 0) is 49.3 Å². The molecule has 0 aliphatic heterocycles. The number of methoxy groups -OCH3 is 1. The molecule has 2 fully saturated rings. The molecule has 0 bridgehead atoms. The van der Waals surface area contributed by atoms with Gasteiger partial charge in [-0.3, -0.25) is 4.79 Å². The monoisotopic (exact) mass is 289 g/mol. The first-order valence-electron chi connectivity index (χ1n) is 7.79. The third-order valence-electron chi connectivity index (χ3n) is 4.88. The smallest absolute Gasteiger partial charge is 0.223 e. The van der Waals surface area contributed by atoms with E-state index in [1.807, 2.05) is 24.3 Å². The molecule has 0 saturated heterocycles. The lowest BCUT2D eigenvalue weighted by Crippen LogP contribution is -2.44. The summed E-state index contributed by atoms with van der Waals surface area (Å²) in [6, 6.07) is 8.06. The van der Waals surface area contributed by atoms with Crippen LogP contribution in [0.15, 0.2) is 24.3 Å². The molecule has 1 atom stereocenters. The highest BCUT2D eigenvalue weighted by molar-refractivity contribution is 5.80. The van der Waals surface area contributed by atoms with E-state index in [0.717, 1.165) is 11.3 Å². The van der Waals surface area contributed by atoms with Gasteiger partial charge >= 0.3 is 0 Å². The predicted molar refractivity (Wildman–Crippen MR) is 79.9 cm³/mol. The van der Waals surface area contributed by atoms with E-state index in [2.05, 4.69) is 5.32 Å². The summed E-state index contributed by atoms with van der Waals surface area (Å²) in [6.07, 6.45) is 4.51. The third-order valence-corrected chi connectivity index (χ3v) is 4.88. The van der Waals surface area contributed by atoms with Gasteiger partial charge in [0.05, 0.1) is 19.3 Å². The summed E-state index contributed by atoms with van der Waals surface area (Å²) in [6.45, 7) is 0. The van der Waals surface area contributed by atoms with Crippen molar-refractivity contribution in [1.29, 1.82) is 0 Å². The fraction of sp³-hybridized carbons (Fsp3) is 0.588. The molecule has 4 nitrogen and oxygen atoms in total. The Morgan fingerprint density at radius 2 is 1.95 bits per heavy atom. The molecule has 3 rings (SSSR count). The van der Waals surface area contributed by atoms with Crippen molar-refractivity contribution in [3.05, 3.63) is 29.8 Å². The van der Waals surface area contributed by atoms with Gasteiger partial charge in [0.2, 0.25) is 5.91 Å². The maximum atomic E-state index is 12.3. The minimum absolute atomic E-state index is 0.0131. The molecule has 2 aliphatic rings. The molecule has 114 valence electrons. The van der Waals surface area contributed by atoms with E-state index in [-0.39, 0.29) is 24.0 Å². The van der Waals surface area contributed by atoms with E-state index >= 15 is 0 Å². The van der Waals surface area contributed by atoms with Gasteiger partial charge in [0.1, 0.15) is 5.75 Å². The van der Waals surface area contributed by atoms with Crippen molar-refractivity contribution in [1.82, 2.24) is 5.32 Å². The van der Waals surface area contributed by atoms with Crippen LogP contribution in [0, 0.1) is 11.8 Å². The maximum absolute atomic E-state index is 12.3. The highest BCUT2D eigenvalue weighted by Crippen LogP contribution is 2.39. The van der Waals surface area contributed by atoms with Crippen LogP contribution >= 0.6 is 0 Å².